The number of aliphatic carboxylic acids is 1. The summed E-state index contributed by atoms with van der Waals surface area (Å²) in [5.41, 5.74) is 2.46. The zero-order valence-electron chi connectivity index (χ0n) is 11.4. The highest BCUT2D eigenvalue weighted by atomic mass is 16.5. The van der Waals surface area contributed by atoms with Crippen LogP contribution in [0.4, 0.5) is 0 Å². The Balaban J connectivity index is 3.76. The number of esters is 1. The Morgan fingerprint density at radius 1 is 1.06 bits per heavy atom. The third kappa shape index (κ3) is 10.9. The second kappa shape index (κ2) is 9.45. The van der Waals surface area contributed by atoms with Crippen molar-refractivity contribution in [3.8, 4) is 0 Å². The molecule has 0 spiro atoms. The van der Waals surface area contributed by atoms with Crippen LogP contribution >= 0.6 is 0 Å². The molecule has 4 nitrogen and oxygen atoms in total. The Hall–Kier alpha value is -1.58. The van der Waals surface area contributed by atoms with Gasteiger partial charge >= 0.3 is 11.9 Å². The van der Waals surface area contributed by atoms with Crippen LogP contribution in [0.2, 0.25) is 0 Å². The predicted octanol–water partition coefficient (Wildman–Crippen LogP) is 3.09. The number of hydrogen-bond acceptors (Lipinski definition) is 3. The fourth-order valence-electron chi connectivity index (χ4n) is 1.25. The molecule has 0 amide bonds. The molecule has 0 aromatic carbocycles. The molecule has 0 aliphatic carbocycles. The Morgan fingerprint density at radius 2 is 1.72 bits per heavy atom. The lowest BCUT2D eigenvalue weighted by molar-refractivity contribution is -0.146. The molecule has 0 aromatic rings. The molecule has 0 atom stereocenters. The van der Waals surface area contributed by atoms with Crippen LogP contribution in [-0.4, -0.2) is 23.7 Å². The number of allylic oxidation sites excluding steroid dienone is 3. The predicted molar refractivity (Wildman–Crippen MR) is 70.3 cm³/mol. The van der Waals surface area contributed by atoms with Crippen LogP contribution in [0.25, 0.3) is 0 Å². The van der Waals surface area contributed by atoms with E-state index in [-0.39, 0.29) is 19.4 Å². The molecule has 0 saturated carbocycles. The van der Waals surface area contributed by atoms with Crippen molar-refractivity contribution in [3.05, 3.63) is 23.3 Å². The van der Waals surface area contributed by atoms with E-state index in [1.807, 2.05) is 13.0 Å². The number of carbonyl (C=O) groups excluding carboxylic acids is 1. The summed E-state index contributed by atoms with van der Waals surface area (Å²) in [7, 11) is 0. The molecule has 1 N–H and O–H groups in total. The van der Waals surface area contributed by atoms with Crippen LogP contribution in [-0.2, 0) is 14.3 Å². The largest absolute Gasteiger partial charge is 0.481 e. The third-order valence-corrected chi connectivity index (χ3v) is 2.31. The first-order valence-corrected chi connectivity index (χ1v) is 6.08. The number of carbonyl (C=O) groups is 2. The first-order chi connectivity index (χ1) is 8.41. The average Bonchev–Trinajstić information content (AvgIpc) is 2.25. The van der Waals surface area contributed by atoms with Gasteiger partial charge in [0.25, 0.3) is 0 Å². The summed E-state index contributed by atoms with van der Waals surface area (Å²) in [5, 5.41) is 8.39. The van der Waals surface area contributed by atoms with E-state index in [2.05, 4.69) is 19.9 Å². The van der Waals surface area contributed by atoms with Crippen molar-refractivity contribution in [2.24, 2.45) is 0 Å². The van der Waals surface area contributed by atoms with Gasteiger partial charge in [-0.25, -0.2) is 0 Å². The highest BCUT2D eigenvalue weighted by Crippen LogP contribution is 2.06. The fraction of sp³-hybridized carbons (Fsp3) is 0.571. The smallest absolute Gasteiger partial charge is 0.306 e. The van der Waals surface area contributed by atoms with Crippen molar-refractivity contribution in [3.63, 3.8) is 0 Å². The minimum Gasteiger partial charge on any atom is -0.481 e. The molecule has 4 heteroatoms. The molecule has 0 aliphatic rings. The SMILES string of the molecule is CC(C)=CCCC(C)=CCOC(=O)CCC(=O)O. The van der Waals surface area contributed by atoms with Crippen LogP contribution in [0, 0.1) is 0 Å². The van der Waals surface area contributed by atoms with E-state index < -0.39 is 11.9 Å². The van der Waals surface area contributed by atoms with Gasteiger partial charge in [-0.3, -0.25) is 9.59 Å². The minimum absolute atomic E-state index is 0.0695. The quantitative estimate of drug-likeness (QED) is 0.534. The molecule has 0 bridgehead atoms. The van der Waals surface area contributed by atoms with E-state index in [0.717, 1.165) is 12.8 Å². The molecular weight excluding hydrogens is 232 g/mol. The van der Waals surface area contributed by atoms with Gasteiger partial charge < -0.3 is 9.84 Å². The molecule has 0 aromatic heterocycles. The van der Waals surface area contributed by atoms with Gasteiger partial charge in [-0.1, -0.05) is 17.2 Å². The number of rotatable bonds is 8. The van der Waals surface area contributed by atoms with Gasteiger partial charge in [0.15, 0.2) is 0 Å². The Kier molecular flexibility index (Phi) is 8.62. The Bertz CT molecular complexity index is 336. The summed E-state index contributed by atoms with van der Waals surface area (Å²) in [6.07, 6.45) is 5.70. The molecule has 0 heterocycles. The first kappa shape index (κ1) is 16.4. The van der Waals surface area contributed by atoms with Crippen molar-refractivity contribution >= 4 is 11.9 Å². The molecule has 0 saturated heterocycles. The Labute approximate surface area is 108 Å². The maximum absolute atomic E-state index is 11.1. The summed E-state index contributed by atoms with van der Waals surface area (Å²) in [6.45, 7) is 6.33. The lowest BCUT2D eigenvalue weighted by atomic mass is 10.1. The number of hydrogen-bond donors (Lipinski definition) is 1. The number of carboxylic acid groups (broad SMARTS) is 1. The standard InChI is InChI=1S/C14H22O4/c1-11(2)5-4-6-12(3)9-10-18-14(17)8-7-13(15)16/h5,9H,4,6-8,10H2,1-3H3,(H,15,16). The molecular formula is C14H22O4. The molecule has 0 rings (SSSR count). The average molecular weight is 254 g/mol. The molecule has 0 radical (unpaired) electrons. The summed E-state index contributed by atoms with van der Waals surface area (Å²) >= 11 is 0. The van der Waals surface area contributed by atoms with E-state index in [9.17, 15) is 9.59 Å². The minimum atomic E-state index is -0.986. The van der Waals surface area contributed by atoms with Crippen LogP contribution < -0.4 is 0 Å². The highest BCUT2D eigenvalue weighted by molar-refractivity contribution is 5.76. The van der Waals surface area contributed by atoms with Crippen molar-refractivity contribution in [1.29, 1.82) is 0 Å². The van der Waals surface area contributed by atoms with Gasteiger partial charge in [-0.05, 0) is 39.7 Å². The molecule has 0 fully saturated rings. The van der Waals surface area contributed by atoms with Crippen molar-refractivity contribution < 1.29 is 19.4 Å². The van der Waals surface area contributed by atoms with E-state index in [4.69, 9.17) is 9.84 Å². The second-order valence-corrected chi connectivity index (χ2v) is 4.45. The number of ether oxygens (including phenoxy) is 1. The van der Waals surface area contributed by atoms with E-state index in [0.29, 0.717) is 0 Å². The molecule has 0 unspecified atom stereocenters. The van der Waals surface area contributed by atoms with E-state index >= 15 is 0 Å². The van der Waals surface area contributed by atoms with Crippen molar-refractivity contribution in [2.75, 3.05) is 6.61 Å². The monoisotopic (exact) mass is 254 g/mol. The molecule has 0 aliphatic heterocycles. The summed E-state index contributed by atoms with van der Waals surface area (Å²) < 4.78 is 4.90. The molecule has 102 valence electrons. The maximum atomic E-state index is 11.1. The third-order valence-electron chi connectivity index (χ3n) is 2.31. The lowest BCUT2D eigenvalue weighted by Gasteiger charge is -2.02. The Morgan fingerprint density at radius 3 is 2.28 bits per heavy atom. The molecule has 18 heavy (non-hydrogen) atoms. The van der Waals surface area contributed by atoms with E-state index in [1.165, 1.54) is 11.1 Å². The maximum Gasteiger partial charge on any atom is 0.306 e. The summed E-state index contributed by atoms with van der Waals surface area (Å²) in [5.74, 6) is -1.45. The summed E-state index contributed by atoms with van der Waals surface area (Å²) in [4.78, 5) is 21.3. The van der Waals surface area contributed by atoms with Crippen LogP contribution in [0.1, 0.15) is 46.5 Å². The fourth-order valence-corrected chi connectivity index (χ4v) is 1.25. The number of carboxylic acids is 1. The van der Waals surface area contributed by atoms with Crippen LogP contribution in [0.5, 0.6) is 0 Å². The first-order valence-electron chi connectivity index (χ1n) is 6.08. The second-order valence-electron chi connectivity index (χ2n) is 4.45. The van der Waals surface area contributed by atoms with Gasteiger partial charge in [0.05, 0.1) is 12.8 Å². The van der Waals surface area contributed by atoms with Gasteiger partial charge in [0.1, 0.15) is 6.61 Å². The van der Waals surface area contributed by atoms with Gasteiger partial charge in [-0.2, -0.15) is 0 Å². The zero-order chi connectivity index (χ0) is 14.0. The van der Waals surface area contributed by atoms with Crippen LogP contribution in [0.3, 0.4) is 0 Å². The zero-order valence-corrected chi connectivity index (χ0v) is 11.4. The van der Waals surface area contributed by atoms with Gasteiger partial charge in [-0.15, -0.1) is 0 Å². The normalized spacial score (nSPS) is 10.9. The van der Waals surface area contributed by atoms with Gasteiger partial charge in [0, 0.05) is 0 Å². The highest BCUT2D eigenvalue weighted by Gasteiger charge is 2.05. The van der Waals surface area contributed by atoms with Crippen LogP contribution in [0.15, 0.2) is 23.3 Å². The van der Waals surface area contributed by atoms with E-state index in [1.54, 1.807) is 0 Å². The van der Waals surface area contributed by atoms with Gasteiger partial charge in [0.2, 0.25) is 0 Å². The summed E-state index contributed by atoms with van der Waals surface area (Å²) in [6, 6.07) is 0. The van der Waals surface area contributed by atoms with Crippen molar-refractivity contribution in [1.82, 2.24) is 0 Å². The van der Waals surface area contributed by atoms with Crippen molar-refractivity contribution in [2.45, 2.75) is 46.5 Å². The topological polar surface area (TPSA) is 63.6 Å². The lowest BCUT2D eigenvalue weighted by Crippen LogP contribution is -2.07.